The van der Waals surface area contributed by atoms with E-state index in [1.807, 2.05) is 51.1 Å². The number of nitrogens with zero attached hydrogens (tertiary/aromatic N) is 1. The number of hydroxylamine groups is 2. The largest absolute Gasteiger partial charge is 0.442 e. The lowest BCUT2D eigenvalue weighted by molar-refractivity contribution is -0.156. The van der Waals surface area contributed by atoms with E-state index < -0.39 is 11.7 Å². The lowest BCUT2D eigenvalue weighted by Gasteiger charge is -2.26. The first kappa shape index (κ1) is 20.5. The first-order valence-electron chi connectivity index (χ1n) is 9.09. The van der Waals surface area contributed by atoms with Gasteiger partial charge >= 0.3 is 6.09 Å². The Hall–Kier alpha value is -1.55. The number of ether oxygens (including phenoxy) is 1. The molecule has 0 bridgehead atoms. The molecule has 0 saturated heterocycles. The number of carbonyl (C=O) groups excluding carboxylic acids is 1. The highest BCUT2D eigenvalue weighted by Gasteiger charge is 2.22. The highest BCUT2D eigenvalue weighted by molar-refractivity contribution is 5.66. The van der Waals surface area contributed by atoms with Gasteiger partial charge in [-0.25, -0.2) is 4.79 Å². The number of benzene rings is 1. The molecule has 0 spiro atoms. The zero-order valence-corrected chi connectivity index (χ0v) is 15.7. The van der Waals surface area contributed by atoms with Gasteiger partial charge in [0.15, 0.2) is 0 Å². The molecule has 0 unspecified atom stereocenters. The quantitative estimate of drug-likeness (QED) is 0.406. The van der Waals surface area contributed by atoms with Crippen molar-refractivity contribution in [1.82, 2.24) is 5.06 Å². The maximum Gasteiger partial charge on any atom is 0.434 e. The normalized spacial score (nSPS) is 11.3. The van der Waals surface area contributed by atoms with Crippen LogP contribution in [-0.2, 0) is 16.2 Å². The summed E-state index contributed by atoms with van der Waals surface area (Å²) in [5, 5.41) is 1.37. The summed E-state index contributed by atoms with van der Waals surface area (Å²) in [6, 6.07) is 9.86. The van der Waals surface area contributed by atoms with Crippen molar-refractivity contribution in [3.63, 3.8) is 0 Å². The fraction of sp³-hybridized carbons (Fsp3) is 0.650. The minimum Gasteiger partial charge on any atom is -0.442 e. The summed E-state index contributed by atoms with van der Waals surface area (Å²) in [7, 11) is 0. The van der Waals surface area contributed by atoms with Gasteiger partial charge in [-0.15, -0.1) is 0 Å². The topological polar surface area (TPSA) is 38.8 Å². The summed E-state index contributed by atoms with van der Waals surface area (Å²) in [5.74, 6) is 0. The van der Waals surface area contributed by atoms with Crippen LogP contribution in [0.1, 0.15) is 71.8 Å². The number of hydrogen-bond acceptors (Lipinski definition) is 3. The van der Waals surface area contributed by atoms with Gasteiger partial charge < -0.3 is 4.74 Å². The van der Waals surface area contributed by atoms with Gasteiger partial charge in [0.1, 0.15) is 12.2 Å². The monoisotopic (exact) mass is 335 g/mol. The Morgan fingerprint density at radius 2 is 1.62 bits per heavy atom. The second-order valence-corrected chi connectivity index (χ2v) is 7.11. The van der Waals surface area contributed by atoms with Crippen molar-refractivity contribution in [1.29, 1.82) is 0 Å². The second kappa shape index (κ2) is 11.1. The number of rotatable bonds is 10. The third kappa shape index (κ3) is 9.56. The molecule has 0 fully saturated rings. The molecule has 4 nitrogen and oxygen atoms in total. The predicted octanol–water partition coefficient (Wildman–Crippen LogP) is 5.72. The van der Waals surface area contributed by atoms with Crippen LogP contribution in [0.2, 0.25) is 0 Å². The molecule has 136 valence electrons. The zero-order valence-electron chi connectivity index (χ0n) is 15.7. The summed E-state index contributed by atoms with van der Waals surface area (Å²) >= 11 is 0. The molecule has 1 amide bonds. The first-order chi connectivity index (χ1) is 11.4. The summed E-state index contributed by atoms with van der Waals surface area (Å²) in [4.78, 5) is 18.0. The van der Waals surface area contributed by atoms with Crippen molar-refractivity contribution in [3.05, 3.63) is 35.9 Å². The van der Waals surface area contributed by atoms with Crippen LogP contribution in [0.3, 0.4) is 0 Å². The predicted molar refractivity (Wildman–Crippen MR) is 97.5 cm³/mol. The molecule has 0 saturated carbocycles. The number of unbranched alkanes of at least 4 members (excludes halogenated alkanes) is 5. The van der Waals surface area contributed by atoms with E-state index >= 15 is 0 Å². The highest BCUT2D eigenvalue weighted by Crippen LogP contribution is 2.13. The molecule has 0 atom stereocenters. The maximum atomic E-state index is 12.3. The van der Waals surface area contributed by atoms with E-state index in [0.717, 1.165) is 18.4 Å². The van der Waals surface area contributed by atoms with E-state index in [4.69, 9.17) is 9.57 Å². The van der Waals surface area contributed by atoms with Crippen molar-refractivity contribution >= 4 is 6.09 Å². The van der Waals surface area contributed by atoms with Crippen LogP contribution in [0, 0.1) is 0 Å². The molecule has 0 aliphatic carbocycles. The SMILES string of the molecule is CCCCCCCCN(OCc1ccccc1)C(=O)OC(C)(C)C. The molecule has 0 N–H and O–H groups in total. The van der Waals surface area contributed by atoms with E-state index in [9.17, 15) is 4.79 Å². The van der Waals surface area contributed by atoms with Gasteiger partial charge in [0, 0.05) is 0 Å². The Bertz CT molecular complexity index is 454. The van der Waals surface area contributed by atoms with Crippen LogP contribution in [0.15, 0.2) is 30.3 Å². The zero-order chi connectivity index (χ0) is 17.8. The molecular weight excluding hydrogens is 302 g/mol. The van der Waals surface area contributed by atoms with E-state index in [-0.39, 0.29) is 0 Å². The van der Waals surface area contributed by atoms with E-state index in [2.05, 4.69) is 6.92 Å². The Morgan fingerprint density at radius 1 is 1.00 bits per heavy atom. The molecule has 1 aromatic rings. The Balaban J connectivity index is 2.47. The Morgan fingerprint density at radius 3 is 2.25 bits per heavy atom. The number of amides is 1. The van der Waals surface area contributed by atoms with Crippen LogP contribution >= 0.6 is 0 Å². The smallest absolute Gasteiger partial charge is 0.434 e. The van der Waals surface area contributed by atoms with Gasteiger partial charge in [-0.2, -0.15) is 5.06 Å². The third-order valence-corrected chi connectivity index (χ3v) is 3.54. The van der Waals surface area contributed by atoms with Gasteiger partial charge in [0.2, 0.25) is 0 Å². The second-order valence-electron chi connectivity index (χ2n) is 7.11. The van der Waals surface area contributed by atoms with Crippen LogP contribution in [-0.4, -0.2) is 23.3 Å². The summed E-state index contributed by atoms with van der Waals surface area (Å²) < 4.78 is 5.45. The van der Waals surface area contributed by atoms with Gasteiger partial charge in [0.05, 0.1) is 6.54 Å². The minimum atomic E-state index is -0.521. The molecule has 1 rings (SSSR count). The molecule has 0 aliphatic heterocycles. The molecule has 1 aromatic carbocycles. The highest BCUT2D eigenvalue weighted by atomic mass is 16.7. The van der Waals surface area contributed by atoms with E-state index in [1.54, 1.807) is 0 Å². The van der Waals surface area contributed by atoms with Crippen LogP contribution in [0.4, 0.5) is 4.79 Å². The minimum absolute atomic E-state index is 0.371. The summed E-state index contributed by atoms with van der Waals surface area (Å²) in [5.41, 5.74) is 0.515. The maximum absolute atomic E-state index is 12.3. The molecule has 0 aliphatic rings. The molecular formula is C20H33NO3. The van der Waals surface area contributed by atoms with E-state index in [0.29, 0.717) is 13.2 Å². The van der Waals surface area contributed by atoms with E-state index in [1.165, 1.54) is 30.7 Å². The Kier molecular flexibility index (Phi) is 9.46. The fourth-order valence-corrected chi connectivity index (χ4v) is 2.28. The Labute approximate surface area is 147 Å². The van der Waals surface area contributed by atoms with Gasteiger partial charge in [0.25, 0.3) is 0 Å². The van der Waals surface area contributed by atoms with Gasteiger partial charge in [-0.1, -0.05) is 69.4 Å². The first-order valence-corrected chi connectivity index (χ1v) is 9.09. The van der Waals surface area contributed by atoms with Crippen LogP contribution < -0.4 is 0 Å². The summed E-state index contributed by atoms with van der Waals surface area (Å²) in [6.45, 7) is 8.74. The fourth-order valence-electron chi connectivity index (χ4n) is 2.28. The van der Waals surface area contributed by atoms with Crippen LogP contribution in [0.25, 0.3) is 0 Å². The average molecular weight is 335 g/mol. The lowest BCUT2D eigenvalue weighted by Crippen LogP contribution is -2.37. The van der Waals surface area contributed by atoms with Crippen molar-refractivity contribution < 1.29 is 14.4 Å². The molecule has 0 heterocycles. The molecule has 0 aromatic heterocycles. The standard InChI is InChI=1S/C20H33NO3/c1-5-6-7-8-9-13-16-21(19(22)24-20(2,3)4)23-17-18-14-11-10-12-15-18/h10-12,14-15H,5-9,13,16-17H2,1-4H3. The van der Waals surface area contributed by atoms with Gasteiger partial charge in [-0.3, -0.25) is 4.84 Å². The average Bonchev–Trinajstić information content (AvgIpc) is 2.52. The third-order valence-electron chi connectivity index (χ3n) is 3.54. The van der Waals surface area contributed by atoms with Crippen molar-refractivity contribution in [2.75, 3.05) is 6.54 Å². The van der Waals surface area contributed by atoms with Crippen molar-refractivity contribution in [2.24, 2.45) is 0 Å². The molecule has 24 heavy (non-hydrogen) atoms. The molecule has 4 heteroatoms. The number of carbonyl (C=O) groups is 1. The number of hydrogen-bond donors (Lipinski definition) is 0. The van der Waals surface area contributed by atoms with Gasteiger partial charge in [-0.05, 0) is 32.8 Å². The summed E-state index contributed by atoms with van der Waals surface area (Å²) in [6.07, 6.45) is 6.60. The lowest BCUT2D eigenvalue weighted by atomic mass is 10.1. The van der Waals surface area contributed by atoms with Crippen molar-refractivity contribution in [2.45, 2.75) is 78.4 Å². The molecule has 0 radical (unpaired) electrons. The van der Waals surface area contributed by atoms with Crippen molar-refractivity contribution in [3.8, 4) is 0 Å². The van der Waals surface area contributed by atoms with Crippen LogP contribution in [0.5, 0.6) is 0 Å².